The number of ether oxygens (including phenoxy) is 3. The average molecular weight is 481 g/mol. The van der Waals surface area contributed by atoms with Gasteiger partial charge in [-0.05, 0) is 54.4 Å². The number of hydrogen-bond acceptors (Lipinski definition) is 4. The number of rotatable bonds is 10. The van der Waals surface area contributed by atoms with Gasteiger partial charge in [-0.25, -0.2) is 0 Å². The highest BCUT2D eigenvalue weighted by atomic mass is 35.5. The van der Waals surface area contributed by atoms with Crippen LogP contribution in [0.15, 0.2) is 54.6 Å². The van der Waals surface area contributed by atoms with Gasteiger partial charge >= 0.3 is 0 Å². The molecule has 1 N–H and O–H groups in total. The van der Waals surface area contributed by atoms with Gasteiger partial charge in [-0.1, -0.05) is 53.0 Å². The molecule has 3 rings (SSSR count). The molecule has 0 unspecified atom stereocenters. The van der Waals surface area contributed by atoms with Crippen LogP contribution in [-0.4, -0.2) is 13.7 Å². The molecule has 3 aromatic carbocycles. The third-order valence-electron chi connectivity index (χ3n) is 4.57. The molecule has 0 spiro atoms. The Morgan fingerprint density at radius 2 is 1.55 bits per heavy atom. The molecule has 0 heterocycles. The van der Waals surface area contributed by atoms with Crippen LogP contribution in [0.3, 0.4) is 0 Å². The van der Waals surface area contributed by atoms with E-state index >= 15 is 0 Å². The summed E-state index contributed by atoms with van der Waals surface area (Å²) in [4.78, 5) is 0. The van der Waals surface area contributed by atoms with Gasteiger partial charge in [-0.2, -0.15) is 0 Å². The second kappa shape index (κ2) is 11.5. The predicted octanol–water partition coefficient (Wildman–Crippen LogP) is 6.92. The van der Waals surface area contributed by atoms with Crippen LogP contribution >= 0.6 is 34.8 Å². The van der Waals surface area contributed by atoms with Crippen molar-refractivity contribution in [3.63, 3.8) is 0 Å². The zero-order valence-electron chi connectivity index (χ0n) is 17.4. The third kappa shape index (κ3) is 6.68. The first-order chi connectivity index (χ1) is 15.0. The number of hydrogen-bond donors (Lipinski definition) is 1. The smallest absolute Gasteiger partial charge is 0.180 e. The second-order valence-corrected chi connectivity index (χ2v) is 8.06. The van der Waals surface area contributed by atoms with E-state index in [9.17, 15) is 0 Å². The van der Waals surface area contributed by atoms with Crippen molar-refractivity contribution >= 4 is 34.8 Å². The largest absolute Gasteiger partial charge is 0.497 e. The minimum absolute atomic E-state index is 0.255. The maximum absolute atomic E-state index is 6.53. The first kappa shape index (κ1) is 23.6. The van der Waals surface area contributed by atoms with Gasteiger partial charge in [0.15, 0.2) is 11.5 Å². The van der Waals surface area contributed by atoms with Crippen molar-refractivity contribution in [3.8, 4) is 17.2 Å². The Bertz CT molecular complexity index is 1010. The highest BCUT2D eigenvalue weighted by Gasteiger charge is 2.14. The Kier molecular flexibility index (Phi) is 8.73. The summed E-state index contributed by atoms with van der Waals surface area (Å²) in [6.45, 7) is 4.03. The van der Waals surface area contributed by atoms with E-state index in [2.05, 4.69) is 5.32 Å². The molecular formula is C24H24Cl3NO3. The highest BCUT2D eigenvalue weighted by molar-refractivity contribution is 6.35. The van der Waals surface area contributed by atoms with Gasteiger partial charge < -0.3 is 19.5 Å². The van der Waals surface area contributed by atoms with Crippen LogP contribution in [0.5, 0.6) is 17.2 Å². The van der Waals surface area contributed by atoms with Gasteiger partial charge in [-0.15, -0.1) is 0 Å². The lowest BCUT2D eigenvalue weighted by molar-refractivity contribution is 0.269. The van der Waals surface area contributed by atoms with Crippen LogP contribution < -0.4 is 19.5 Å². The van der Waals surface area contributed by atoms with E-state index < -0.39 is 0 Å². The first-order valence-electron chi connectivity index (χ1n) is 9.85. The lowest BCUT2D eigenvalue weighted by Crippen LogP contribution is -2.13. The summed E-state index contributed by atoms with van der Waals surface area (Å²) in [6, 6.07) is 17.1. The average Bonchev–Trinajstić information content (AvgIpc) is 2.75. The van der Waals surface area contributed by atoms with E-state index in [0.29, 0.717) is 39.7 Å². The van der Waals surface area contributed by atoms with Crippen molar-refractivity contribution in [1.82, 2.24) is 5.32 Å². The summed E-state index contributed by atoms with van der Waals surface area (Å²) in [6.07, 6.45) is 0. The van der Waals surface area contributed by atoms with Gasteiger partial charge in [0.25, 0.3) is 0 Å². The first-order valence-corrected chi connectivity index (χ1v) is 11.0. The van der Waals surface area contributed by atoms with Crippen molar-refractivity contribution in [2.75, 3.05) is 13.7 Å². The lowest BCUT2D eigenvalue weighted by atomic mass is 10.1. The van der Waals surface area contributed by atoms with E-state index in [1.807, 2.05) is 49.4 Å². The van der Waals surface area contributed by atoms with Crippen LogP contribution in [0.25, 0.3) is 0 Å². The number of halogens is 3. The fourth-order valence-electron chi connectivity index (χ4n) is 3.01. The SMILES string of the molecule is CCOc1cc(CNCc2ccc(OC)cc2)cc(Cl)c1OCc1ccc(Cl)cc1Cl. The van der Waals surface area contributed by atoms with E-state index in [0.717, 1.165) is 29.0 Å². The third-order valence-corrected chi connectivity index (χ3v) is 5.44. The zero-order chi connectivity index (χ0) is 22.2. The van der Waals surface area contributed by atoms with Crippen molar-refractivity contribution in [3.05, 3.63) is 86.4 Å². The second-order valence-electron chi connectivity index (χ2n) is 6.81. The Balaban J connectivity index is 1.67. The van der Waals surface area contributed by atoms with E-state index in [-0.39, 0.29) is 6.61 Å². The Labute approximate surface area is 198 Å². The minimum atomic E-state index is 0.255. The molecule has 31 heavy (non-hydrogen) atoms. The van der Waals surface area contributed by atoms with E-state index in [1.54, 1.807) is 19.2 Å². The summed E-state index contributed by atoms with van der Waals surface area (Å²) in [7, 11) is 1.66. The summed E-state index contributed by atoms with van der Waals surface area (Å²) < 4.78 is 16.9. The maximum Gasteiger partial charge on any atom is 0.180 e. The van der Waals surface area contributed by atoms with Crippen LogP contribution in [-0.2, 0) is 19.7 Å². The molecular weight excluding hydrogens is 457 g/mol. The molecule has 0 aromatic heterocycles. The summed E-state index contributed by atoms with van der Waals surface area (Å²) in [5.74, 6) is 1.93. The molecule has 0 bridgehead atoms. The molecule has 0 aliphatic rings. The van der Waals surface area contributed by atoms with Crippen molar-refractivity contribution in [2.45, 2.75) is 26.6 Å². The number of benzene rings is 3. The fraction of sp³-hybridized carbons (Fsp3) is 0.250. The molecule has 0 saturated carbocycles. The molecule has 0 fully saturated rings. The van der Waals surface area contributed by atoms with Gasteiger partial charge in [0.2, 0.25) is 0 Å². The standard InChI is InChI=1S/C24H24Cl3NO3/c1-3-30-23-11-17(14-28-13-16-4-8-20(29-2)9-5-16)10-22(27)24(23)31-15-18-6-7-19(25)12-21(18)26/h4-12,28H,3,13-15H2,1-2H3. The van der Waals surface area contributed by atoms with Crippen LogP contribution in [0.1, 0.15) is 23.6 Å². The lowest BCUT2D eigenvalue weighted by Gasteiger charge is -2.16. The minimum Gasteiger partial charge on any atom is -0.497 e. The van der Waals surface area contributed by atoms with Gasteiger partial charge in [0.05, 0.1) is 18.7 Å². The fourth-order valence-corrected chi connectivity index (χ4v) is 3.76. The molecule has 0 atom stereocenters. The zero-order valence-corrected chi connectivity index (χ0v) is 19.7. The van der Waals surface area contributed by atoms with Crippen LogP contribution in [0.2, 0.25) is 15.1 Å². The van der Waals surface area contributed by atoms with Gasteiger partial charge in [0.1, 0.15) is 12.4 Å². The Morgan fingerprint density at radius 3 is 2.23 bits per heavy atom. The summed E-state index contributed by atoms with van der Waals surface area (Å²) in [5.41, 5.74) is 2.98. The molecule has 4 nitrogen and oxygen atoms in total. The summed E-state index contributed by atoms with van der Waals surface area (Å²) in [5, 5.41) is 5.02. The monoisotopic (exact) mass is 479 g/mol. The van der Waals surface area contributed by atoms with Crippen LogP contribution in [0.4, 0.5) is 0 Å². The quantitative estimate of drug-likeness (QED) is 0.342. The summed E-state index contributed by atoms with van der Waals surface area (Å²) >= 11 is 18.7. The number of methoxy groups -OCH3 is 1. The van der Waals surface area contributed by atoms with Crippen molar-refractivity contribution in [1.29, 1.82) is 0 Å². The molecule has 0 amide bonds. The van der Waals surface area contributed by atoms with Gasteiger partial charge in [-0.3, -0.25) is 0 Å². The molecule has 7 heteroatoms. The maximum atomic E-state index is 6.53. The Morgan fingerprint density at radius 1 is 0.806 bits per heavy atom. The van der Waals surface area contributed by atoms with Gasteiger partial charge in [0, 0.05) is 28.7 Å². The molecule has 0 radical (unpaired) electrons. The normalized spacial score (nSPS) is 10.7. The van der Waals surface area contributed by atoms with Crippen LogP contribution in [0, 0.1) is 0 Å². The highest BCUT2D eigenvalue weighted by Crippen LogP contribution is 2.37. The Hall–Kier alpha value is -2.11. The van der Waals surface area contributed by atoms with Crippen molar-refractivity contribution < 1.29 is 14.2 Å². The van der Waals surface area contributed by atoms with E-state index in [1.165, 1.54) is 0 Å². The molecule has 3 aromatic rings. The number of nitrogens with one attached hydrogen (secondary N) is 1. The topological polar surface area (TPSA) is 39.7 Å². The molecule has 0 saturated heterocycles. The molecule has 164 valence electrons. The molecule has 0 aliphatic carbocycles. The van der Waals surface area contributed by atoms with Crippen molar-refractivity contribution in [2.24, 2.45) is 0 Å². The van der Waals surface area contributed by atoms with E-state index in [4.69, 9.17) is 49.0 Å². The predicted molar refractivity (Wildman–Crippen MR) is 127 cm³/mol. The molecule has 0 aliphatic heterocycles.